The molecule has 1 aliphatic carbocycles. The van der Waals surface area contributed by atoms with Crippen molar-refractivity contribution in [3.63, 3.8) is 0 Å². The Morgan fingerprint density at radius 2 is 1.60 bits per heavy atom. The molecule has 1 rings (SSSR count). The van der Waals surface area contributed by atoms with E-state index in [1.54, 1.807) is 0 Å². The second kappa shape index (κ2) is 8.35. The standard InChI is InChI=1S/C15H32N2O2S/c1-15(2,3)10-13-20(18,19)17-12-11-16-14-8-6-4-5-7-9-14/h14,16-17H,4-13H2,1-3H3. The first-order valence-corrected chi connectivity index (χ1v) is 9.64. The summed E-state index contributed by atoms with van der Waals surface area (Å²) in [5.41, 5.74) is 0.0628. The first kappa shape index (κ1) is 17.9. The van der Waals surface area contributed by atoms with Crippen molar-refractivity contribution in [2.45, 2.75) is 71.8 Å². The van der Waals surface area contributed by atoms with Gasteiger partial charge in [-0.1, -0.05) is 46.5 Å². The van der Waals surface area contributed by atoms with Crippen LogP contribution in [-0.4, -0.2) is 33.3 Å². The molecule has 0 radical (unpaired) electrons. The number of sulfonamides is 1. The minimum Gasteiger partial charge on any atom is -0.313 e. The van der Waals surface area contributed by atoms with E-state index >= 15 is 0 Å². The van der Waals surface area contributed by atoms with Crippen molar-refractivity contribution >= 4 is 10.0 Å². The smallest absolute Gasteiger partial charge is 0.211 e. The second-order valence-electron chi connectivity index (χ2n) is 7.17. The van der Waals surface area contributed by atoms with Crippen LogP contribution in [0.25, 0.3) is 0 Å². The number of rotatable bonds is 7. The Bertz CT molecular complexity index is 353. The van der Waals surface area contributed by atoms with Gasteiger partial charge in [0.2, 0.25) is 10.0 Å². The molecule has 0 unspecified atom stereocenters. The number of nitrogens with one attached hydrogen (secondary N) is 2. The molecule has 0 spiro atoms. The summed E-state index contributed by atoms with van der Waals surface area (Å²) in [6.45, 7) is 7.44. The molecule has 0 saturated heterocycles. The fourth-order valence-electron chi connectivity index (χ4n) is 2.48. The topological polar surface area (TPSA) is 58.2 Å². The molecule has 0 heterocycles. The molecule has 0 aromatic carbocycles. The molecule has 4 nitrogen and oxygen atoms in total. The summed E-state index contributed by atoms with van der Waals surface area (Å²) >= 11 is 0. The molecule has 20 heavy (non-hydrogen) atoms. The zero-order chi connectivity index (χ0) is 15.1. The van der Waals surface area contributed by atoms with Crippen LogP contribution in [0.15, 0.2) is 0 Å². The SMILES string of the molecule is CC(C)(C)CCS(=O)(=O)NCCNC1CCCCCC1. The summed E-state index contributed by atoms with van der Waals surface area (Å²) in [6.07, 6.45) is 8.45. The largest absolute Gasteiger partial charge is 0.313 e. The van der Waals surface area contributed by atoms with Gasteiger partial charge in [-0.05, 0) is 24.7 Å². The second-order valence-corrected chi connectivity index (χ2v) is 9.09. The highest BCUT2D eigenvalue weighted by atomic mass is 32.2. The molecule has 0 bridgehead atoms. The van der Waals surface area contributed by atoms with Crippen LogP contribution >= 0.6 is 0 Å². The van der Waals surface area contributed by atoms with Gasteiger partial charge in [0.1, 0.15) is 0 Å². The van der Waals surface area contributed by atoms with Gasteiger partial charge >= 0.3 is 0 Å². The molecule has 1 fully saturated rings. The Balaban J connectivity index is 2.15. The van der Waals surface area contributed by atoms with Crippen LogP contribution in [0.1, 0.15) is 65.7 Å². The van der Waals surface area contributed by atoms with Crippen LogP contribution in [-0.2, 0) is 10.0 Å². The van der Waals surface area contributed by atoms with Crippen molar-refractivity contribution in [1.82, 2.24) is 10.0 Å². The van der Waals surface area contributed by atoms with Gasteiger partial charge in [0.15, 0.2) is 0 Å². The maximum Gasteiger partial charge on any atom is 0.211 e. The lowest BCUT2D eigenvalue weighted by Gasteiger charge is -2.19. The van der Waals surface area contributed by atoms with Crippen LogP contribution in [0.5, 0.6) is 0 Å². The normalized spacial score (nSPS) is 18.9. The summed E-state index contributed by atoms with van der Waals surface area (Å²) in [6, 6.07) is 0.580. The first-order chi connectivity index (χ1) is 9.29. The van der Waals surface area contributed by atoms with Gasteiger partial charge in [-0.3, -0.25) is 0 Å². The predicted molar refractivity (Wildman–Crippen MR) is 85.4 cm³/mol. The first-order valence-electron chi connectivity index (χ1n) is 7.99. The number of hydrogen-bond acceptors (Lipinski definition) is 3. The van der Waals surface area contributed by atoms with E-state index in [1.807, 2.05) is 0 Å². The van der Waals surface area contributed by atoms with E-state index in [1.165, 1.54) is 38.5 Å². The van der Waals surface area contributed by atoms with Gasteiger partial charge in [0.05, 0.1) is 5.75 Å². The van der Waals surface area contributed by atoms with Crippen LogP contribution in [0.3, 0.4) is 0 Å². The van der Waals surface area contributed by atoms with Crippen molar-refractivity contribution in [2.75, 3.05) is 18.8 Å². The van der Waals surface area contributed by atoms with Crippen LogP contribution < -0.4 is 10.0 Å². The Kier molecular flexibility index (Phi) is 7.48. The summed E-state index contributed by atoms with van der Waals surface area (Å²) in [7, 11) is -3.11. The molecule has 1 aliphatic rings. The van der Waals surface area contributed by atoms with E-state index in [0.717, 1.165) is 6.54 Å². The summed E-state index contributed by atoms with van der Waals surface area (Å²) in [5, 5.41) is 3.48. The molecular weight excluding hydrogens is 272 g/mol. The lowest BCUT2D eigenvalue weighted by Crippen LogP contribution is -2.38. The fourth-order valence-corrected chi connectivity index (χ4v) is 3.92. The Morgan fingerprint density at radius 3 is 2.15 bits per heavy atom. The monoisotopic (exact) mass is 304 g/mol. The quantitative estimate of drug-likeness (QED) is 0.561. The molecule has 1 saturated carbocycles. The summed E-state index contributed by atoms with van der Waals surface area (Å²) in [4.78, 5) is 0. The zero-order valence-corrected chi connectivity index (χ0v) is 14.2. The van der Waals surface area contributed by atoms with Crippen LogP contribution in [0, 0.1) is 5.41 Å². The van der Waals surface area contributed by atoms with Gasteiger partial charge in [0, 0.05) is 19.1 Å². The Morgan fingerprint density at radius 1 is 1.00 bits per heavy atom. The van der Waals surface area contributed by atoms with Gasteiger partial charge < -0.3 is 5.32 Å². The maximum atomic E-state index is 11.8. The molecule has 0 aliphatic heterocycles. The third-order valence-corrected chi connectivity index (χ3v) is 5.24. The lowest BCUT2D eigenvalue weighted by atomic mass is 9.94. The molecule has 0 aromatic heterocycles. The minimum atomic E-state index is -3.11. The summed E-state index contributed by atoms with van der Waals surface area (Å²) < 4.78 is 26.4. The van der Waals surface area contributed by atoms with E-state index in [9.17, 15) is 8.42 Å². The zero-order valence-electron chi connectivity index (χ0n) is 13.4. The van der Waals surface area contributed by atoms with Gasteiger partial charge in [-0.15, -0.1) is 0 Å². The molecular formula is C15H32N2O2S. The summed E-state index contributed by atoms with van der Waals surface area (Å²) in [5.74, 6) is 0.222. The van der Waals surface area contributed by atoms with E-state index in [-0.39, 0.29) is 11.2 Å². The highest BCUT2D eigenvalue weighted by molar-refractivity contribution is 7.89. The van der Waals surface area contributed by atoms with Crippen LogP contribution in [0.4, 0.5) is 0 Å². The highest BCUT2D eigenvalue weighted by Gasteiger charge is 2.17. The van der Waals surface area contributed by atoms with Crippen molar-refractivity contribution in [1.29, 1.82) is 0 Å². The Hall–Kier alpha value is -0.130. The molecule has 2 N–H and O–H groups in total. The number of hydrogen-bond donors (Lipinski definition) is 2. The van der Waals surface area contributed by atoms with E-state index < -0.39 is 10.0 Å². The van der Waals surface area contributed by atoms with E-state index in [2.05, 4.69) is 30.8 Å². The van der Waals surface area contributed by atoms with Crippen molar-refractivity contribution in [3.8, 4) is 0 Å². The van der Waals surface area contributed by atoms with Crippen molar-refractivity contribution in [2.24, 2.45) is 5.41 Å². The molecule has 0 atom stereocenters. The van der Waals surface area contributed by atoms with Crippen molar-refractivity contribution in [3.05, 3.63) is 0 Å². The molecule has 0 aromatic rings. The lowest BCUT2D eigenvalue weighted by molar-refractivity contribution is 0.396. The Labute approximate surface area is 125 Å². The molecule has 0 amide bonds. The van der Waals surface area contributed by atoms with Gasteiger partial charge in [-0.2, -0.15) is 0 Å². The third kappa shape index (κ3) is 8.93. The highest BCUT2D eigenvalue weighted by Crippen LogP contribution is 2.19. The average molecular weight is 305 g/mol. The fraction of sp³-hybridized carbons (Fsp3) is 1.00. The van der Waals surface area contributed by atoms with Gasteiger partial charge in [0.25, 0.3) is 0 Å². The van der Waals surface area contributed by atoms with Crippen LogP contribution in [0.2, 0.25) is 0 Å². The predicted octanol–water partition coefficient (Wildman–Crippen LogP) is 2.65. The van der Waals surface area contributed by atoms with E-state index in [0.29, 0.717) is 19.0 Å². The molecule has 5 heteroatoms. The third-order valence-electron chi connectivity index (χ3n) is 3.86. The molecule has 120 valence electrons. The van der Waals surface area contributed by atoms with Gasteiger partial charge in [-0.25, -0.2) is 13.1 Å². The maximum absolute atomic E-state index is 11.8. The van der Waals surface area contributed by atoms with E-state index in [4.69, 9.17) is 0 Å². The average Bonchev–Trinajstić information content (AvgIpc) is 2.60. The van der Waals surface area contributed by atoms with Crippen molar-refractivity contribution < 1.29 is 8.42 Å². The minimum absolute atomic E-state index is 0.0628.